The molecule has 1 aromatic heterocycles. The van der Waals surface area contributed by atoms with Crippen molar-refractivity contribution in [2.45, 2.75) is 26.3 Å². The van der Waals surface area contributed by atoms with E-state index in [4.69, 9.17) is 14.2 Å². The molecule has 0 saturated heterocycles. The van der Waals surface area contributed by atoms with Crippen LogP contribution in [0.25, 0.3) is 5.69 Å². The molecule has 0 N–H and O–H groups in total. The molecule has 0 fully saturated rings. The van der Waals surface area contributed by atoms with Crippen LogP contribution in [0, 0.1) is 13.8 Å². The maximum atomic E-state index is 5.82. The second kappa shape index (κ2) is 6.73. The van der Waals surface area contributed by atoms with E-state index in [-0.39, 0.29) is 12.8 Å². The van der Waals surface area contributed by atoms with Crippen molar-refractivity contribution in [1.82, 2.24) is 25.1 Å². The number of nitrogens with zero attached hydrogens (tertiary/aromatic N) is 5. The number of hydrogen-bond acceptors (Lipinski definition) is 7. The molecular formula is C21H23N5O3. The molecule has 8 nitrogen and oxygen atoms in total. The van der Waals surface area contributed by atoms with Crippen LogP contribution in [-0.4, -0.2) is 52.6 Å². The molecule has 0 bridgehead atoms. The van der Waals surface area contributed by atoms with Gasteiger partial charge in [0.2, 0.25) is 12.5 Å². The quantitative estimate of drug-likeness (QED) is 0.677. The molecule has 2 aromatic carbocycles. The maximum absolute atomic E-state index is 5.82. The number of benzene rings is 2. The van der Waals surface area contributed by atoms with E-state index in [2.05, 4.69) is 59.5 Å². The number of likely N-dealkylation sites (N-methyl/N-ethyl adjacent to an activating group) is 1. The van der Waals surface area contributed by atoms with Crippen molar-refractivity contribution in [3.8, 4) is 22.9 Å². The van der Waals surface area contributed by atoms with Gasteiger partial charge in [-0.1, -0.05) is 18.2 Å². The highest BCUT2D eigenvalue weighted by molar-refractivity contribution is 5.63. The van der Waals surface area contributed by atoms with Gasteiger partial charge in [0.25, 0.3) is 0 Å². The fourth-order valence-corrected chi connectivity index (χ4v) is 4.42. The van der Waals surface area contributed by atoms with E-state index in [9.17, 15) is 0 Å². The van der Waals surface area contributed by atoms with Crippen molar-refractivity contribution in [2.75, 3.05) is 27.5 Å². The first-order chi connectivity index (χ1) is 14.1. The lowest BCUT2D eigenvalue weighted by molar-refractivity contribution is 0.170. The van der Waals surface area contributed by atoms with Gasteiger partial charge in [0.15, 0.2) is 17.3 Å². The van der Waals surface area contributed by atoms with Gasteiger partial charge in [0.1, 0.15) is 6.04 Å². The minimum Gasteiger partial charge on any atom is -0.492 e. The summed E-state index contributed by atoms with van der Waals surface area (Å²) in [5, 5.41) is 12.8. The molecule has 2 aliphatic rings. The Balaban J connectivity index is 1.73. The summed E-state index contributed by atoms with van der Waals surface area (Å²) in [6.45, 7) is 5.23. The van der Waals surface area contributed by atoms with E-state index in [1.165, 1.54) is 5.56 Å². The van der Waals surface area contributed by atoms with Gasteiger partial charge >= 0.3 is 0 Å². The summed E-state index contributed by atoms with van der Waals surface area (Å²) in [6, 6.07) is 8.09. The Morgan fingerprint density at radius 1 is 1.17 bits per heavy atom. The molecule has 0 radical (unpaired) electrons. The molecular weight excluding hydrogens is 370 g/mol. The molecule has 2 aliphatic heterocycles. The Kier molecular flexibility index (Phi) is 4.16. The van der Waals surface area contributed by atoms with Gasteiger partial charge in [0.05, 0.1) is 12.8 Å². The number of methoxy groups -OCH3 is 1. The van der Waals surface area contributed by atoms with E-state index in [1.54, 1.807) is 7.11 Å². The van der Waals surface area contributed by atoms with Crippen LogP contribution in [0.1, 0.15) is 34.1 Å². The molecule has 29 heavy (non-hydrogen) atoms. The van der Waals surface area contributed by atoms with Crippen molar-refractivity contribution >= 4 is 0 Å². The van der Waals surface area contributed by atoms with Crippen LogP contribution >= 0.6 is 0 Å². The van der Waals surface area contributed by atoms with Gasteiger partial charge in [-0.25, -0.2) is 0 Å². The lowest BCUT2D eigenvalue weighted by Gasteiger charge is -2.35. The van der Waals surface area contributed by atoms with Gasteiger partial charge in [-0.3, -0.25) is 4.90 Å². The third-order valence-electron chi connectivity index (χ3n) is 5.79. The second-order valence-corrected chi connectivity index (χ2v) is 7.54. The Hall–Kier alpha value is -3.13. The number of aryl methyl sites for hydroxylation is 2. The molecule has 0 aliphatic carbocycles. The zero-order valence-corrected chi connectivity index (χ0v) is 17.0. The Morgan fingerprint density at radius 3 is 2.72 bits per heavy atom. The number of tetrazole rings is 1. The molecule has 150 valence electrons. The van der Waals surface area contributed by atoms with Crippen molar-refractivity contribution in [3.05, 3.63) is 52.3 Å². The lowest BCUT2D eigenvalue weighted by Crippen LogP contribution is -2.35. The molecule has 0 spiro atoms. The van der Waals surface area contributed by atoms with Gasteiger partial charge < -0.3 is 14.2 Å². The Bertz CT molecular complexity index is 1070. The molecule has 5 rings (SSSR count). The summed E-state index contributed by atoms with van der Waals surface area (Å²) in [5.74, 6) is 2.83. The number of fused-ring (bicyclic) bond motifs is 2. The van der Waals surface area contributed by atoms with Gasteiger partial charge in [-0.15, -0.1) is 5.10 Å². The molecule has 1 unspecified atom stereocenters. The highest BCUT2D eigenvalue weighted by Gasteiger charge is 2.38. The molecule has 8 heteroatoms. The highest BCUT2D eigenvalue weighted by Crippen LogP contribution is 2.50. The van der Waals surface area contributed by atoms with E-state index in [1.807, 2.05) is 10.7 Å². The first-order valence-corrected chi connectivity index (χ1v) is 9.64. The summed E-state index contributed by atoms with van der Waals surface area (Å²) in [4.78, 5) is 2.25. The number of rotatable bonds is 3. The molecule has 0 saturated carbocycles. The van der Waals surface area contributed by atoms with E-state index >= 15 is 0 Å². The Labute approximate surface area is 169 Å². The van der Waals surface area contributed by atoms with Crippen molar-refractivity contribution < 1.29 is 14.2 Å². The predicted octanol–water partition coefficient (Wildman–Crippen LogP) is 2.59. The van der Waals surface area contributed by atoms with E-state index in [0.717, 1.165) is 46.9 Å². The van der Waals surface area contributed by atoms with Crippen LogP contribution in [0.3, 0.4) is 0 Å². The minimum absolute atomic E-state index is 0.169. The summed E-state index contributed by atoms with van der Waals surface area (Å²) in [6.07, 6.45) is 0.889. The summed E-state index contributed by atoms with van der Waals surface area (Å²) in [5.41, 5.74) is 5.45. The van der Waals surface area contributed by atoms with Gasteiger partial charge in [-0.2, -0.15) is 4.68 Å². The zero-order chi connectivity index (χ0) is 20.1. The van der Waals surface area contributed by atoms with Crippen LogP contribution in [-0.2, 0) is 6.42 Å². The topological polar surface area (TPSA) is 74.5 Å². The molecule has 0 amide bonds. The number of para-hydroxylation sites is 1. The normalized spacial score (nSPS) is 18.0. The third kappa shape index (κ3) is 2.66. The zero-order valence-electron chi connectivity index (χ0n) is 17.0. The van der Waals surface area contributed by atoms with E-state index < -0.39 is 0 Å². The second-order valence-electron chi connectivity index (χ2n) is 7.54. The maximum Gasteiger partial charge on any atom is 0.231 e. The fraction of sp³-hybridized carbons (Fsp3) is 0.381. The summed E-state index contributed by atoms with van der Waals surface area (Å²) >= 11 is 0. The minimum atomic E-state index is -0.169. The SMILES string of the molecule is COc1c2c(cc3c1C(c1nnnn1-c1c(C)cccc1C)N(C)CC3)OCO2. The third-order valence-corrected chi connectivity index (χ3v) is 5.79. The smallest absolute Gasteiger partial charge is 0.231 e. The average Bonchev–Trinajstić information content (AvgIpc) is 3.36. The summed E-state index contributed by atoms with van der Waals surface area (Å²) < 4.78 is 19.0. The van der Waals surface area contributed by atoms with Gasteiger partial charge in [0, 0.05) is 12.1 Å². The highest BCUT2D eigenvalue weighted by atomic mass is 16.7. The monoisotopic (exact) mass is 393 g/mol. The first-order valence-electron chi connectivity index (χ1n) is 9.64. The van der Waals surface area contributed by atoms with Crippen LogP contribution < -0.4 is 14.2 Å². The number of aromatic nitrogens is 4. The van der Waals surface area contributed by atoms with Gasteiger partial charge in [-0.05, 0) is 60.5 Å². The van der Waals surface area contributed by atoms with Crippen LogP contribution in [0.15, 0.2) is 24.3 Å². The number of ether oxygens (including phenoxy) is 3. The van der Waals surface area contributed by atoms with Crippen molar-refractivity contribution in [1.29, 1.82) is 0 Å². The average molecular weight is 393 g/mol. The van der Waals surface area contributed by atoms with Crippen LogP contribution in [0.5, 0.6) is 17.2 Å². The standard InChI is InChI=1S/C21H23N5O3/c1-12-6-5-7-13(2)17(12)26-21(22-23-24-26)18-16-14(8-9-25(18)3)10-15-19(20(16)27-4)29-11-28-15/h5-7,10,18H,8-9,11H2,1-4H3. The lowest BCUT2D eigenvalue weighted by atomic mass is 9.90. The van der Waals surface area contributed by atoms with Crippen molar-refractivity contribution in [2.24, 2.45) is 0 Å². The van der Waals surface area contributed by atoms with Crippen molar-refractivity contribution in [3.63, 3.8) is 0 Å². The Morgan fingerprint density at radius 2 is 1.97 bits per heavy atom. The number of hydrogen-bond donors (Lipinski definition) is 0. The molecule has 3 aromatic rings. The van der Waals surface area contributed by atoms with E-state index in [0.29, 0.717) is 11.5 Å². The van der Waals surface area contributed by atoms with Crippen LogP contribution in [0.4, 0.5) is 0 Å². The largest absolute Gasteiger partial charge is 0.492 e. The molecule has 3 heterocycles. The predicted molar refractivity (Wildman–Crippen MR) is 106 cm³/mol. The molecule has 1 atom stereocenters. The summed E-state index contributed by atoms with van der Waals surface area (Å²) in [7, 11) is 3.75. The van der Waals surface area contributed by atoms with Crippen LogP contribution in [0.2, 0.25) is 0 Å². The first kappa shape index (κ1) is 17.9. The fourth-order valence-electron chi connectivity index (χ4n) is 4.42.